The van der Waals surface area contributed by atoms with Crippen LogP contribution in [0.3, 0.4) is 0 Å². The Balaban J connectivity index is 1.20. The lowest BCUT2D eigenvalue weighted by molar-refractivity contribution is -0.184. The maximum Gasteiger partial charge on any atom is 0.0935 e. The molecule has 0 aliphatic carbocycles. The highest BCUT2D eigenvalue weighted by Gasteiger charge is 2.46. The minimum atomic E-state index is 0.143. The van der Waals surface area contributed by atoms with Gasteiger partial charge in [0.05, 0.1) is 25.4 Å². The van der Waals surface area contributed by atoms with E-state index in [1.54, 1.807) is 0 Å². The van der Waals surface area contributed by atoms with Crippen molar-refractivity contribution in [1.82, 2.24) is 14.8 Å². The molecule has 3 aliphatic heterocycles. The first kappa shape index (κ1) is 15.5. The molecule has 5 heteroatoms. The van der Waals surface area contributed by atoms with Crippen molar-refractivity contribution in [3.63, 3.8) is 0 Å². The molecule has 5 nitrogen and oxygen atoms in total. The lowest BCUT2D eigenvalue weighted by Crippen LogP contribution is -2.64. The third-order valence-electron chi connectivity index (χ3n) is 5.41. The van der Waals surface area contributed by atoms with Crippen molar-refractivity contribution in [1.29, 1.82) is 0 Å². The van der Waals surface area contributed by atoms with Crippen LogP contribution in [0.2, 0.25) is 0 Å². The summed E-state index contributed by atoms with van der Waals surface area (Å²) in [5.74, 6) is 0.700. The predicted octanol–water partition coefficient (Wildman–Crippen LogP) is 1.39. The average molecular weight is 317 g/mol. The van der Waals surface area contributed by atoms with E-state index in [0.29, 0.717) is 5.92 Å². The fraction of sp³-hybridized carbons (Fsp3) is 0.722. The lowest BCUT2D eigenvalue weighted by Gasteiger charge is -2.53. The summed E-state index contributed by atoms with van der Waals surface area (Å²) in [6, 6.07) is 4.16. The highest BCUT2D eigenvalue weighted by atomic mass is 16.5. The molecule has 1 aromatic rings. The summed E-state index contributed by atoms with van der Waals surface area (Å²) < 4.78 is 11.7. The Hall–Kier alpha value is -1.01. The number of hydrogen-bond donors (Lipinski definition) is 0. The molecule has 0 radical (unpaired) electrons. The van der Waals surface area contributed by atoms with E-state index < -0.39 is 0 Å². The second-order valence-corrected chi connectivity index (χ2v) is 7.32. The maximum atomic E-state index is 6.31. The van der Waals surface area contributed by atoms with Gasteiger partial charge in [-0.3, -0.25) is 14.8 Å². The Labute approximate surface area is 138 Å². The molecule has 1 spiro atoms. The van der Waals surface area contributed by atoms with Crippen LogP contribution in [0.25, 0.3) is 0 Å². The first-order valence-electron chi connectivity index (χ1n) is 8.87. The molecule has 1 atom stereocenters. The Bertz CT molecular complexity index is 488. The van der Waals surface area contributed by atoms with Gasteiger partial charge in [-0.2, -0.15) is 0 Å². The average Bonchev–Trinajstić information content (AvgIpc) is 2.57. The molecule has 0 N–H and O–H groups in total. The van der Waals surface area contributed by atoms with Crippen LogP contribution in [-0.2, 0) is 16.0 Å². The van der Waals surface area contributed by atoms with Crippen LogP contribution in [0.15, 0.2) is 24.5 Å². The summed E-state index contributed by atoms with van der Waals surface area (Å²) in [5.41, 5.74) is 1.44. The highest BCUT2D eigenvalue weighted by molar-refractivity contribution is 5.11. The van der Waals surface area contributed by atoms with Crippen LogP contribution >= 0.6 is 0 Å². The van der Waals surface area contributed by atoms with Gasteiger partial charge in [0.1, 0.15) is 0 Å². The summed E-state index contributed by atoms with van der Waals surface area (Å²) in [6.07, 6.45) is 6.31. The second kappa shape index (κ2) is 6.85. The molecule has 23 heavy (non-hydrogen) atoms. The monoisotopic (exact) mass is 317 g/mol. The van der Waals surface area contributed by atoms with Gasteiger partial charge in [0.25, 0.3) is 0 Å². The zero-order chi connectivity index (χ0) is 15.5. The number of morpholine rings is 1. The van der Waals surface area contributed by atoms with Crippen molar-refractivity contribution in [2.45, 2.75) is 25.0 Å². The molecule has 4 heterocycles. The highest BCUT2D eigenvalue weighted by Crippen LogP contribution is 2.36. The molecule has 1 aromatic heterocycles. The molecule has 3 saturated heterocycles. The van der Waals surface area contributed by atoms with Crippen LogP contribution in [-0.4, -0.2) is 72.9 Å². The number of aromatic nitrogens is 1. The summed E-state index contributed by atoms with van der Waals surface area (Å²) in [4.78, 5) is 9.20. The summed E-state index contributed by atoms with van der Waals surface area (Å²) in [7, 11) is 0. The second-order valence-electron chi connectivity index (χ2n) is 7.32. The number of rotatable bonds is 4. The third kappa shape index (κ3) is 3.74. The van der Waals surface area contributed by atoms with Gasteiger partial charge in [0, 0.05) is 51.7 Å². The van der Waals surface area contributed by atoms with E-state index in [-0.39, 0.29) is 5.60 Å². The fourth-order valence-corrected chi connectivity index (χ4v) is 4.09. The van der Waals surface area contributed by atoms with Crippen LogP contribution in [0.4, 0.5) is 0 Å². The SMILES string of the molecule is c1cncc(CN2CC3(CC[C@@H](CN4CCOCC4)CO3)C2)c1. The van der Waals surface area contributed by atoms with Crippen LogP contribution < -0.4 is 0 Å². The molecule has 0 amide bonds. The summed E-state index contributed by atoms with van der Waals surface area (Å²) in [5, 5.41) is 0. The van der Waals surface area contributed by atoms with Gasteiger partial charge < -0.3 is 9.47 Å². The van der Waals surface area contributed by atoms with E-state index in [1.165, 1.54) is 24.9 Å². The van der Waals surface area contributed by atoms with Gasteiger partial charge in [-0.05, 0) is 30.4 Å². The molecular weight excluding hydrogens is 290 g/mol. The topological polar surface area (TPSA) is 37.8 Å². The van der Waals surface area contributed by atoms with Crippen molar-refractivity contribution in [3.8, 4) is 0 Å². The van der Waals surface area contributed by atoms with Gasteiger partial charge in [-0.15, -0.1) is 0 Å². The van der Waals surface area contributed by atoms with Gasteiger partial charge in [-0.25, -0.2) is 0 Å². The molecular formula is C18H27N3O2. The van der Waals surface area contributed by atoms with Gasteiger partial charge in [-0.1, -0.05) is 6.07 Å². The fourth-order valence-electron chi connectivity index (χ4n) is 4.09. The van der Waals surface area contributed by atoms with Crippen molar-refractivity contribution in [2.24, 2.45) is 5.92 Å². The van der Waals surface area contributed by atoms with Crippen LogP contribution in [0.1, 0.15) is 18.4 Å². The number of hydrogen-bond acceptors (Lipinski definition) is 5. The molecule has 3 fully saturated rings. The quantitative estimate of drug-likeness (QED) is 0.839. The van der Waals surface area contributed by atoms with Gasteiger partial charge >= 0.3 is 0 Å². The zero-order valence-corrected chi connectivity index (χ0v) is 13.8. The largest absolute Gasteiger partial charge is 0.379 e. The van der Waals surface area contributed by atoms with E-state index in [1.807, 2.05) is 18.5 Å². The lowest BCUT2D eigenvalue weighted by atomic mass is 9.82. The van der Waals surface area contributed by atoms with Crippen LogP contribution in [0, 0.1) is 5.92 Å². The molecule has 0 aromatic carbocycles. The van der Waals surface area contributed by atoms with Crippen molar-refractivity contribution in [2.75, 3.05) is 52.5 Å². The maximum absolute atomic E-state index is 6.31. The standard InChI is InChI=1S/C18H27N3O2/c1-2-16(10-19-5-1)11-21-14-18(15-21)4-3-17(13-23-18)12-20-6-8-22-9-7-20/h1-2,5,10,17H,3-4,6-9,11-15H2/t17-/m0/s1. The minimum absolute atomic E-state index is 0.143. The van der Waals surface area contributed by atoms with E-state index in [2.05, 4.69) is 20.9 Å². The number of nitrogens with zero attached hydrogens (tertiary/aromatic N) is 3. The Kier molecular flexibility index (Phi) is 4.62. The Morgan fingerprint density at radius 3 is 2.78 bits per heavy atom. The smallest absolute Gasteiger partial charge is 0.0935 e. The Morgan fingerprint density at radius 1 is 1.22 bits per heavy atom. The molecule has 0 bridgehead atoms. The minimum Gasteiger partial charge on any atom is -0.379 e. The first-order valence-corrected chi connectivity index (χ1v) is 8.87. The van der Waals surface area contributed by atoms with Gasteiger partial charge in [0.15, 0.2) is 0 Å². The molecule has 0 unspecified atom stereocenters. The van der Waals surface area contributed by atoms with Crippen molar-refractivity contribution >= 4 is 0 Å². The third-order valence-corrected chi connectivity index (χ3v) is 5.41. The molecule has 0 saturated carbocycles. The van der Waals surface area contributed by atoms with E-state index in [4.69, 9.17) is 9.47 Å². The number of ether oxygens (including phenoxy) is 2. The summed E-state index contributed by atoms with van der Waals surface area (Å²) in [6.45, 7) is 9.20. The van der Waals surface area contributed by atoms with E-state index in [9.17, 15) is 0 Å². The predicted molar refractivity (Wildman–Crippen MR) is 88.2 cm³/mol. The number of pyridine rings is 1. The molecule has 3 aliphatic rings. The van der Waals surface area contributed by atoms with Crippen molar-refractivity contribution < 1.29 is 9.47 Å². The van der Waals surface area contributed by atoms with E-state index in [0.717, 1.165) is 52.5 Å². The number of likely N-dealkylation sites (tertiary alicyclic amines) is 1. The van der Waals surface area contributed by atoms with Gasteiger partial charge in [0.2, 0.25) is 0 Å². The Morgan fingerprint density at radius 2 is 2.09 bits per heavy atom. The molecule has 4 rings (SSSR count). The zero-order valence-electron chi connectivity index (χ0n) is 13.8. The normalized spacial score (nSPS) is 28.6. The van der Waals surface area contributed by atoms with Crippen LogP contribution in [0.5, 0.6) is 0 Å². The summed E-state index contributed by atoms with van der Waals surface area (Å²) >= 11 is 0. The molecule has 126 valence electrons. The first-order chi connectivity index (χ1) is 11.3. The van der Waals surface area contributed by atoms with E-state index >= 15 is 0 Å². The van der Waals surface area contributed by atoms with Crippen molar-refractivity contribution in [3.05, 3.63) is 30.1 Å².